The molecule has 0 aliphatic heterocycles. The Kier molecular flexibility index (Phi) is 4.25. The van der Waals surface area contributed by atoms with Gasteiger partial charge in [-0.1, -0.05) is 12.1 Å². The summed E-state index contributed by atoms with van der Waals surface area (Å²) in [6.45, 7) is 0.938. The number of nitrogens with two attached hydrogens (primary N) is 1. The zero-order valence-corrected chi connectivity index (χ0v) is 10.3. The lowest BCUT2D eigenvalue weighted by Gasteiger charge is -2.15. The molecule has 96 valence electrons. The van der Waals surface area contributed by atoms with E-state index in [0.717, 1.165) is 5.76 Å². The number of furan rings is 1. The number of methoxy groups -OCH3 is 1. The highest BCUT2D eigenvalue weighted by atomic mass is 16.5. The van der Waals surface area contributed by atoms with Gasteiger partial charge in [0.1, 0.15) is 5.76 Å². The predicted octanol–water partition coefficient (Wildman–Crippen LogP) is 2.41. The van der Waals surface area contributed by atoms with Crippen LogP contribution in [0.25, 0.3) is 0 Å². The Morgan fingerprint density at radius 2 is 1.94 bits per heavy atom. The Balaban J connectivity index is 2.02. The maximum Gasteiger partial charge on any atom is 0.161 e. The molecule has 1 unspecified atom stereocenters. The molecule has 18 heavy (non-hydrogen) atoms. The predicted molar refractivity (Wildman–Crippen MR) is 69.0 cm³/mol. The lowest BCUT2D eigenvalue weighted by Crippen LogP contribution is -2.19. The zero-order valence-electron chi connectivity index (χ0n) is 10.3. The van der Waals surface area contributed by atoms with E-state index in [2.05, 4.69) is 0 Å². The maximum absolute atomic E-state index is 5.74. The molecule has 1 aromatic heterocycles. The van der Waals surface area contributed by atoms with Crippen LogP contribution in [0, 0.1) is 0 Å². The fourth-order valence-electron chi connectivity index (χ4n) is 1.72. The fourth-order valence-corrected chi connectivity index (χ4v) is 1.72. The van der Waals surface area contributed by atoms with Crippen molar-refractivity contribution >= 4 is 0 Å². The molecule has 0 aliphatic rings. The molecule has 0 bridgehead atoms. The van der Waals surface area contributed by atoms with E-state index < -0.39 is 0 Å². The molecular weight excluding hydrogens is 230 g/mol. The zero-order chi connectivity index (χ0) is 12.8. The van der Waals surface area contributed by atoms with Crippen molar-refractivity contribution in [3.05, 3.63) is 48.4 Å². The topological polar surface area (TPSA) is 57.6 Å². The summed E-state index contributed by atoms with van der Waals surface area (Å²) in [5, 5.41) is 0. The van der Waals surface area contributed by atoms with Gasteiger partial charge in [-0.15, -0.1) is 0 Å². The summed E-state index contributed by atoms with van der Waals surface area (Å²) in [7, 11) is 1.62. The minimum absolute atomic E-state index is 0.0462. The highest BCUT2D eigenvalue weighted by molar-refractivity contribution is 5.39. The summed E-state index contributed by atoms with van der Waals surface area (Å²) >= 11 is 0. The molecule has 0 amide bonds. The first kappa shape index (κ1) is 12.5. The van der Waals surface area contributed by atoms with Crippen LogP contribution in [0.3, 0.4) is 0 Å². The van der Waals surface area contributed by atoms with E-state index in [-0.39, 0.29) is 5.92 Å². The molecule has 1 atom stereocenters. The highest BCUT2D eigenvalue weighted by Crippen LogP contribution is 2.27. The molecule has 0 saturated carbocycles. The molecule has 4 nitrogen and oxygen atoms in total. The fraction of sp³-hybridized carbons (Fsp3) is 0.286. The van der Waals surface area contributed by atoms with Gasteiger partial charge in [0.05, 0.1) is 25.9 Å². The summed E-state index contributed by atoms with van der Waals surface area (Å²) in [5.41, 5.74) is 5.73. The second kappa shape index (κ2) is 6.12. The molecule has 2 rings (SSSR count). The summed E-state index contributed by atoms with van der Waals surface area (Å²) in [5.74, 6) is 2.31. The molecule has 0 spiro atoms. The minimum Gasteiger partial charge on any atom is -0.493 e. The van der Waals surface area contributed by atoms with Gasteiger partial charge in [0.25, 0.3) is 0 Å². The Morgan fingerprint density at radius 3 is 2.56 bits per heavy atom. The van der Waals surface area contributed by atoms with Gasteiger partial charge in [0.2, 0.25) is 0 Å². The van der Waals surface area contributed by atoms with Crippen molar-refractivity contribution in [2.45, 2.75) is 5.92 Å². The van der Waals surface area contributed by atoms with E-state index in [1.807, 2.05) is 36.4 Å². The van der Waals surface area contributed by atoms with Gasteiger partial charge in [-0.3, -0.25) is 0 Å². The lowest BCUT2D eigenvalue weighted by atomic mass is 10.1. The number of hydrogen-bond donors (Lipinski definition) is 1. The Morgan fingerprint density at radius 1 is 1.17 bits per heavy atom. The molecule has 1 aromatic carbocycles. The molecule has 0 aliphatic carbocycles. The summed E-state index contributed by atoms with van der Waals surface area (Å²) < 4.78 is 16.3. The smallest absolute Gasteiger partial charge is 0.161 e. The largest absolute Gasteiger partial charge is 0.493 e. The Labute approximate surface area is 106 Å². The second-order valence-corrected chi connectivity index (χ2v) is 3.91. The molecule has 0 radical (unpaired) electrons. The molecule has 0 fully saturated rings. The summed E-state index contributed by atoms with van der Waals surface area (Å²) in [6, 6.07) is 11.3. The van der Waals surface area contributed by atoms with Crippen LogP contribution >= 0.6 is 0 Å². The average molecular weight is 247 g/mol. The van der Waals surface area contributed by atoms with Crippen LogP contribution in [0.15, 0.2) is 47.1 Å². The van der Waals surface area contributed by atoms with Crippen LogP contribution in [-0.4, -0.2) is 20.3 Å². The summed E-state index contributed by atoms with van der Waals surface area (Å²) in [4.78, 5) is 0. The number of para-hydroxylation sites is 2. The lowest BCUT2D eigenvalue weighted by molar-refractivity contribution is 0.259. The normalized spacial score (nSPS) is 12.1. The van der Waals surface area contributed by atoms with E-state index >= 15 is 0 Å². The van der Waals surface area contributed by atoms with Gasteiger partial charge >= 0.3 is 0 Å². The first-order valence-corrected chi connectivity index (χ1v) is 5.84. The van der Waals surface area contributed by atoms with Gasteiger partial charge in [0.15, 0.2) is 11.5 Å². The van der Waals surface area contributed by atoms with Crippen molar-refractivity contribution in [3.63, 3.8) is 0 Å². The first-order chi connectivity index (χ1) is 8.85. The maximum atomic E-state index is 5.74. The third-order valence-corrected chi connectivity index (χ3v) is 2.74. The quantitative estimate of drug-likeness (QED) is 0.851. The van der Waals surface area contributed by atoms with Gasteiger partial charge < -0.3 is 19.6 Å². The summed E-state index contributed by atoms with van der Waals surface area (Å²) in [6.07, 6.45) is 1.64. The van der Waals surface area contributed by atoms with Crippen LogP contribution < -0.4 is 15.2 Å². The van der Waals surface area contributed by atoms with Crippen molar-refractivity contribution in [1.82, 2.24) is 0 Å². The first-order valence-electron chi connectivity index (χ1n) is 5.84. The molecule has 4 heteroatoms. The number of benzene rings is 1. The van der Waals surface area contributed by atoms with E-state index in [0.29, 0.717) is 24.7 Å². The standard InChI is InChI=1S/C14H17NO3/c1-16-13-5-2-3-6-14(13)18-10-11(9-15)12-7-4-8-17-12/h2-8,11H,9-10,15H2,1H3. The molecule has 2 aromatic rings. The monoisotopic (exact) mass is 247 g/mol. The number of ether oxygens (including phenoxy) is 2. The van der Waals surface area contributed by atoms with Crippen LogP contribution in [0.2, 0.25) is 0 Å². The van der Waals surface area contributed by atoms with Crippen molar-refractivity contribution in [3.8, 4) is 11.5 Å². The van der Waals surface area contributed by atoms with E-state index in [9.17, 15) is 0 Å². The Hall–Kier alpha value is -1.94. The van der Waals surface area contributed by atoms with Gasteiger partial charge in [-0.25, -0.2) is 0 Å². The van der Waals surface area contributed by atoms with Crippen LogP contribution in [-0.2, 0) is 0 Å². The minimum atomic E-state index is 0.0462. The SMILES string of the molecule is COc1ccccc1OCC(CN)c1ccco1. The van der Waals surface area contributed by atoms with E-state index in [1.54, 1.807) is 13.4 Å². The molecule has 2 N–H and O–H groups in total. The van der Waals surface area contributed by atoms with Crippen molar-refractivity contribution < 1.29 is 13.9 Å². The molecule has 0 saturated heterocycles. The van der Waals surface area contributed by atoms with Crippen LogP contribution in [0.4, 0.5) is 0 Å². The van der Waals surface area contributed by atoms with E-state index in [4.69, 9.17) is 19.6 Å². The van der Waals surface area contributed by atoms with Crippen molar-refractivity contribution in [1.29, 1.82) is 0 Å². The van der Waals surface area contributed by atoms with Crippen LogP contribution in [0.1, 0.15) is 11.7 Å². The number of rotatable bonds is 6. The van der Waals surface area contributed by atoms with Crippen molar-refractivity contribution in [2.75, 3.05) is 20.3 Å². The molecule has 1 heterocycles. The van der Waals surface area contributed by atoms with Gasteiger partial charge in [0, 0.05) is 6.54 Å². The van der Waals surface area contributed by atoms with Gasteiger partial charge in [-0.05, 0) is 24.3 Å². The van der Waals surface area contributed by atoms with Crippen molar-refractivity contribution in [2.24, 2.45) is 5.73 Å². The highest BCUT2D eigenvalue weighted by Gasteiger charge is 2.14. The van der Waals surface area contributed by atoms with Gasteiger partial charge in [-0.2, -0.15) is 0 Å². The molecular formula is C14H17NO3. The van der Waals surface area contributed by atoms with E-state index in [1.165, 1.54) is 0 Å². The third-order valence-electron chi connectivity index (χ3n) is 2.74. The second-order valence-electron chi connectivity index (χ2n) is 3.91. The third kappa shape index (κ3) is 2.84. The average Bonchev–Trinajstić information content (AvgIpc) is 2.94. The van der Waals surface area contributed by atoms with Crippen LogP contribution in [0.5, 0.6) is 11.5 Å². The Bertz CT molecular complexity index is 468. The number of hydrogen-bond acceptors (Lipinski definition) is 4.